The van der Waals surface area contributed by atoms with Crippen molar-refractivity contribution in [3.8, 4) is 17.3 Å². The van der Waals surface area contributed by atoms with Crippen LogP contribution in [-0.2, 0) is 26.2 Å². The van der Waals surface area contributed by atoms with Crippen LogP contribution in [0.2, 0.25) is 0 Å². The molecule has 2 amide bonds. The SMILES string of the molecule is Cc1coc(-c2nc3oc2C24c5ccccc5N[C@H]2Oc2ccc(cc24)C[C@H](NC(=O)[C@@H]2CCCO2)C(=O)N[C@H]3C(C)C)n1. The Hall–Kier alpha value is -4.64. The Labute approximate surface area is 253 Å². The van der Waals surface area contributed by atoms with E-state index < -0.39 is 29.8 Å². The monoisotopic (exact) mass is 595 g/mol. The van der Waals surface area contributed by atoms with Gasteiger partial charge in [-0.1, -0.05) is 44.2 Å². The normalized spacial score (nSPS) is 26.6. The number of aryl methyl sites for hydroxylation is 1. The quantitative estimate of drug-likeness (QED) is 0.317. The summed E-state index contributed by atoms with van der Waals surface area (Å²) in [5.74, 6) is 1.14. The summed E-state index contributed by atoms with van der Waals surface area (Å²) in [6, 6.07) is 12.5. The number of hydrogen-bond donors (Lipinski definition) is 3. The number of benzene rings is 2. The van der Waals surface area contributed by atoms with Crippen LogP contribution in [0.1, 0.15) is 66.8 Å². The van der Waals surface area contributed by atoms with Crippen LogP contribution in [0.5, 0.6) is 5.75 Å². The summed E-state index contributed by atoms with van der Waals surface area (Å²) in [6.45, 7) is 6.36. The molecule has 4 bridgehead atoms. The van der Waals surface area contributed by atoms with E-state index in [2.05, 4.69) is 27.0 Å². The van der Waals surface area contributed by atoms with Crippen molar-refractivity contribution in [1.29, 1.82) is 0 Å². The number of ether oxygens (including phenoxy) is 2. The maximum Gasteiger partial charge on any atom is 0.249 e. The molecule has 5 atom stereocenters. The zero-order valence-corrected chi connectivity index (χ0v) is 24.7. The third kappa shape index (κ3) is 3.98. The summed E-state index contributed by atoms with van der Waals surface area (Å²) >= 11 is 0. The fourth-order valence-corrected chi connectivity index (χ4v) is 6.96. The highest BCUT2D eigenvalue weighted by Crippen LogP contribution is 2.59. The lowest BCUT2D eigenvalue weighted by molar-refractivity contribution is -0.135. The topological polar surface area (TPSA) is 141 Å². The fraction of sp³-hybridized carbons (Fsp3) is 0.394. The molecule has 1 fully saturated rings. The second-order valence-corrected chi connectivity index (χ2v) is 12.3. The van der Waals surface area contributed by atoms with Crippen LogP contribution < -0.4 is 20.7 Å². The fourth-order valence-electron chi connectivity index (χ4n) is 6.96. The number of amides is 2. The van der Waals surface area contributed by atoms with Gasteiger partial charge in [-0.15, -0.1) is 0 Å². The van der Waals surface area contributed by atoms with Crippen molar-refractivity contribution in [2.75, 3.05) is 11.9 Å². The Morgan fingerprint density at radius 2 is 1.98 bits per heavy atom. The van der Waals surface area contributed by atoms with E-state index >= 15 is 0 Å². The van der Waals surface area contributed by atoms with E-state index in [4.69, 9.17) is 23.3 Å². The number of anilines is 1. The smallest absolute Gasteiger partial charge is 0.249 e. The van der Waals surface area contributed by atoms with Gasteiger partial charge < -0.3 is 34.3 Å². The molecule has 0 radical (unpaired) electrons. The summed E-state index contributed by atoms with van der Waals surface area (Å²) < 4.78 is 24.9. The average Bonchev–Trinajstić information content (AvgIpc) is 3.83. The average molecular weight is 596 g/mol. The minimum Gasteiger partial charge on any atom is -0.469 e. The van der Waals surface area contributed by atoms with Gasteiger partial charge in [0.2, 0.25) is 23.6 Å². The van der Waals surface area contributed by atoms with Gasteiger partial charge in [0.15, 0.2) is 17.7 Å². The van der Waals surface area contributed by atoms with Gasteiger partial charge in [-0.25, -0.2) is 9.97 Å². The van der Waals surface area contributed by atoms with Crippen LogP contribution in [0.25, 0.3) is 11.6 Å². The van der Waals surface area contributed by atoms with Crippen LogP contribution in [0, 0.1) is 12.8 Å². The van der Waals surface area contributed by atoms with Crippen LogP contribution in [0.4, 0.5) is 5.69 Å². The molecule has 11 heteroatoms. The highest BCUT2D eigenvalue weighted by Gasteiger charge is 2.61. The molecule has 2 aromatic heterocycles. The molecule has 6 heterocycles. The number of nitrogens with one attached hydrogen (secondary N) is 3. The molecule has 11 nitrogen and oxygen atoms in total. The van der Waals surface area contributed by atoms with Crippen LogP contribution >= 0.6 is 0 Å². The summed E-state index contributed by atoms with van der Waals surface area (Å²) in [7, 11) is 0. The Morgan fingerprint density at radius 3 is 2.75 bits per heavy atom. The molecule has 226 valence electrons. The van der Waals surface area contributed by atoms with E-state index in [0.29, 0.717) is 47.7 Å². The molecule has 4 aliphatic rings. The summed E-state index contributed by atoms with van der Waals surface area (Å²) in [5.41, 5.74) is 3.83. The van der Waals surface area contributed by atoms with Crippen LogP contribution in [-0.4, -0.2) is 46.8 Å². The van der Waals surface area contributed by atoms with E-state index in [1.807, 2.05) is 57.2 Å². The molecule has 0 aliphatic carbocycles. The first-order chi connectivity index (χ1) is 21.3. The molecule has 1 spiro atoms. The van der Waals surface area contributed by atoms with E-state index in [9.17, 15) is 9.59 Å². The third-order valence-corrected chi connectivity index (χ3v) is 9.09. The highest BCUT2D eigenvalue weighted by atomic mass is 16.5. The molecule has 1 unspecified atom stereocenters. The van der Waals surface area contributed by atoms with Gasteiger partial charge >= 0.3 is 0 Å². The third-order valence-electron chi connectivity index (χ3n) is 9.09. The standard InChI is InChI=1S/C33H33N5O6/c1-16(2)25-31-38-26(30-34-17(3)15-42-30)27(44-31)33-19-7-4-5-8-21(19)36-32(33)43-23-11-10-18(13-20(23)33)14-22(28(39)37-25)35-29(40)24-9-6-12-41-24/h4-5,7-8,10-11,13,15-16,22,24-25,32,36H,6,9,12,14H2,1-3H3,(H,35,40)(H,37,39)/t22-,24-,25-,32-,33?/m0/s1. The first-order valence-electron chi connectivity index (χ1n) is 15.1. The molecule has 44 heavy (non-hydrogen) atoms. The number of fused-ring (bicyclic) bond motifs is 4. The minimum absolute atomic E-state index is 0.0995. The van der Waals surface area contributed by atoms with E-state index in [1.165, 1.54) is 0 Å². The summed E-state index contributed by atoms with van der Waals surface area (Å²) in [6.07, 6.45) is 2.19. The first-order valence-corrected chi connectivity index (χ1v) is 15.1. The molecule has 4 aliphatic heterocycles. The first kappa shape index (κ1) is 26.9. The molecule has 8 rings (SSSR count). The van der Waals surface area contributed by atoms with Crippen molar-refractivity contribution < 1.29 is 27.9 Å². The lowest BCUT2D eigenvalue weighted by Gasteiger charge is -2.29. The zero-order valence-electron chi connectivity index (χ0n) is 24.7. The van der Waals surface area contributed by atoms with Crippen LogP contribution in [0.15, 0.2) is 57.6 Å². The molecule has 4 aromatic rings. The Kier molecular flexibility index (Phi) is 6.09. The summed E-state index contributed by atoms with van der Waals surface area (Å²) in [4.78, 5) is 36.8. The number of rotatable bonds is 4. The number of aromatic nitrogens is 2. The molecule has 1 saturated heterocycles. The molecular formula is C33H33N5O6. The molecular weight excluding hydrogens is 562 g/mol. The van der Waals surface area contributed by atoms with Crippen molar-refractivity contribution in [1.82, 2.24) is 20.6 Å². The Morgan fingerprint density at radius 1 is 1.11 bits per heavy atom. The number of para-hydroxylation sites is 1. The van der Waals surface area contributed by atoms with Crippen molar-refractivity contribution in [3.05, 3.63) is 82.8 Å². The Balaban J connectivity index is 1.36. The van der Waals surface area contributed by atoms with E-state index in [-0.39, 0.29) is 24.2 Å². The second-order valence-electron chi connectivity index (χ2n) is 12.3. The van der Waals surface area contributed by atoms with E-state index in [1.54, 1.807) is 6.26 Å². The van der Waals surface area contributed by atoms with Crippen molar-refractivity contribution in [2.24, 2.45) is 5.92 Å². The van der Waals surface area contributed by atoms with Gasteiger partial charge in [-0.2, -0.15) is 0 Å². The minimum atomic E-state index is -0.938. The molecule has 3 N–H and O–H groups in total. The lowest BCUT2D eigenvalue weighted by Crippen LogP contribution is -2.51. The maximum atomic E-state index is 14.0. The van der Waals surface area contributed by atoms with Gasteiger partial charge in [0, 0.05) is 24.3 Å². The second kappa shape index (κ2) is 9.95. The molecule has 0 saturated carbocycles. The Bertz CT molecular complexity index is 1790. The van der Waals surface area contributed by atoms with Gasteiger partial charge in [0.1, 0.15) is 35.6 Å². The van der Waals surface area contributed by atoms with Gasteiger partial charge in [0.25, 0.3) is 0 Å². The summed E-state index contributed by atoms with van der Waals surface area (Å²) in [5, 5.41) is 9.68. The van der Waals surface area contributed by atoms with Gasteiger partial charge in [0.05, 0.1) is 5.69 Å². The number of carbonyl (C=O) groups excluding carboxylic acids is 2. The van der Waals surface area contributed by atoms with Crippen molar-refractivity contribution >= 4 is 17.5 Å². The van der Waals surface area contributed by atoms with Crippen molar-refractivity contribution in [3.63, 3.8) is 0 Å². The predicted octanol–water partition coefficient (Wildman–Crippen LogP) is 4.15. The zero-order chi connectivity index (χ0) is 30.2. The number of carbonyl (C=O) groups is 2. The van der Waals surface area contributed by atoms with Gasteiger partial charge in [-0.05, 0) is 48.9 Å². The van der Waals surface area contributed by atoms with Crippen LogP contribution in [0.3, 0.4) is 0 Å². The maximum absolute atomic E-state index is 14.0. The molecule has 2 aromatic carbocycles. The van der Waals surface area contributed by atoms with Gasteiger partial charge in [-0.3, -0.25) is 9.59 Å². The number of oxazole rings is 2. The van der Waals surface area contributed by atoms with Crippen molar-refractivity contribution in [2.45, 2.75) is 69.9 Å². The number of hydrogen-bond acceptors (Lipinski definition) is 9. The highest BCUT2D eigenvalue weighted by molar-refractivity contribution is 5.90. The van der Waals surface area contributed by atoms with E-state index in [0.717, 1.165) is 28.8 Å². The largest absolute Gasteiger partial charge is 0.469 e. The lowest BCUT2D eigenvalue weighted by atomic mass is 9.72. The number of nitrogens with zero attached hydrogens (tertiary/aromatic N) is 2. The predicted molar refractivity (Wildman–Crippen MR) is 158 cm³/mol.